The van der Waals surface area contributed by atoms with Gasteiger partial charge in [-0.25, -0.2) is 4.98 Å². The molecule has 1 aromatic heterocycles. The van der Waals surface area contributed by atoms with Gasteiger partial charge in [0.15, 0.2) is 0 Å². The fraction of sp³-hybridized carbons (Fsp3) is 0.474. The number of benzene rings is 1. The maximum absolute atomic E-state index is 6.09. The summed E-state index contributed by atoms with van der Waals surface area (Å²) in [6, 6.07) is 9.15. The highest BCUT2D eigenvalue weighted by atomic mass is 15.3. The number of hydrogen-bond donors (Lipinski definition) is 1. The van der Waals surface area contributed by atoms with Crippen LogP contribution in [0.15, 0.2) is 24.3 Å². The first kappa shape index (κ1) is 15.4. The van der Waals surface area contributed by atoms with Crippen LogP contribution in [-0.4, -0.2) is 48.1 Å². The zero-order valence-electron chi connectivity index (χ0n) is 14.5. The minimum Gasteiger partial charge on any atom is -0.368 e. The summed E-state index contributed by atoms with van der Waals surface area (Å²) in [5.41, 5.74) is 11.0. The maximum Gasteiger partial charge on any atom is 0.222 e. The average molecular weight is 323 g/mol. The third-order valence-electron chi connectivity index (χ3n) is 5.34. The first-order chi connectivity index (χ1) is 11.6. The van der Waals surface area contributed by atoms with Gasteiger partial charge < -0.3 is 15.5 Å². The van der Waals surface area contributed by atoms with E-state index in [2.05, 4.69) is 58.1 Å². The van der Waals surface area contributed by atoms with Gasteiger partial charge in [0.05, 0.1) is 5.69 Å². The number of nitrogens with two attached hydrogens (primary N) is 1. The summed E-state index contributed by atoms with van der Waals surface area (Å²) in [4.78, 5) is 14.0. The van der Waals surface area contributed by atoms with Gasteiger partial charge >= 0.3 is 0 Å². The molecule has 2 aromatic rings. The van der Waals surface area contributed by atoms with Crippen LogP contribution < -0.4 is 10.6 Å². The molecule has 126 valence electrons. The van der Waals surface area contributed by atoms with Crippen molar-refractivity contribution in [3.63, 3.8) is 0 Å². The molecule has 1 saturated heterocycles. The minimum absolute atomic E-state index is 0.383. The molecule has 1 aliphatic heterocycles. The predicted octanol–water partition coefficient (Wildman–Crippen LogP) is 2.35. The number of likely N-dealkylation sites (N-methyl/N-ethyl adjacent to an activating group) is 1. The number of hydrogen-bond acceptors (Lipinski definition) is 5. The summed E-state index contributed by atoms with van der Waals surface area (Å²) in [5, 5.41) is 0. The molecule has 1 atom stereocenters. The molecule has 0 spiro atoms. The zero-order chi connectivity index (χ0) is 16.7. The summed E-state index contributed by atoms with van der Waals surface area (Å²) in [6.07, 6.45) is 4.41. The molecular weight excluding hydrogens is 298 g/mol. The largest absolute Gasteiger partial charge is 0.368 e. The Balaban J connectivity index is 1.80. The molecule has 4 rings (SSSR count). The summed E-state index contributed by atoms with van der Waals surface area (Å²) in [7, 11) is 4.30. The standard InChI is InChI=1S/C19H25N5/c1-23(2)14-10-11-24(12-14)18-16-9-5-7-13-6-3-4-8-15(13)17(16)21-19(20)22-18/h3-4,6,8,14H,5,7,9-12H2,1-2H3,(H2,20,21,22)/t14-/m1/s1. The number of aryl methyl sites for hydroxylation is 1. The molecule has 0 unspecified atom stereocenters. The van der Waals surface area contributed by atoms with E-state index in [4.69, 9.17) is 5.73 Å². The van der Waals surface area contributed by atoms with Crippen molar-refractivity contribution in [1.82, 2.24) is 14.9 Å². The smallest absolute Gasteiger partial charge is 0.222 e. The van der Waals surface area contributed by atoms with E-state index in [0.717, 1.165) is 43.9 Å². The molecule has 0 radical (unpaired) electrons. The van der Waals surface area contributed by atoms with Crippen LogP contribution in [0.4, 0.5) is 11.8 Å². The minimum atomic E-state index is 0.383. The van der Waals surface area contributed by atoms with Gasteiger partial charge in [-0.2, -0.15) is 4.98 Å². The van der Waals surface area contributed by atoms with Gasteiger partial charge in [-0.3, -0.25) is 0 Å². The summed E-state index contributed by atoms with van der Waals surface area (Å²) in [6.45, 7) is 2.05. The molecule has 0 bridgehead atoms. The number of aromatic nitrogens is 2. The van der Waals surface area contributed by atoms with Crippen molar-refractivity contribution >= 4 is 11.8 Å². The number of anilines is 2. The third-order valence-corrected chi connectivity index (χ3v) is 5.34. The summed E-state index contributed by atoms with van der Waals surface area (Å²) in [5.74, 6) is 1.44. The third kappa shape index (κ3) is 2.63. The summed E-state index contributed by atoms with van der Waals surface area (Å²) >= 11 is 0. The highest BCUT2D eigenvalue weighted by Gasteiger charge is 2.29. The van der Waals surface area contributed by atoms with Crippen molar-refractivity contribution < 1.29 is 0 Å². The van der Waals surface area contributed by atoms with Crippen LogP contribution in [-0.2, 0) is 12.8 Å². The van der Waals surface area contributed by atoms with E-state index in [1.54, 1.807) is 0 Å². The lowest BCUT2D eigenvalue weighted by atomic mass is 10.0. The Morgan fingerprint density at radius 1 is 1.17 bits per heavy atom. The molecule has 1 aliphatic carbocycles. The highest BCUT2D eigenvalue weighted by molar-refractivity contribution is 5.74. The Morgan fingerprint density at radius 3 is 2.79 bits per heavy atom. The van der Waals surface area contributed by atoms with E-state index in [0.29, 0.717) is 12.0 Å². The van der Waals surface area contributed by atoms with Gasteiger partial charge in [-0.05, 0) is 45.3 Å². The predicted molar refractivity (Wildman–Crippen MR) is 98.2 cm³/mol. The van der Waals surface area contributed by atoms with E-state index < -0.39 is 0 Å². The van der Waals surface area contributed by atoms with E-state index in [1.807, 2.05) is 0 Å². The van der Waals surface area contributed by atoms with Gasteiger partial charge in [0.25, 0.3) is 0 Å². The van der Waals surface area contributed by atoms with Crippen molar-refractivity contribution in [2.75, 3.05) is 37.8 Å². The quantitative estimate of drug-likeness (QED) is 0.919. The topological polar surface area (TPSA) is 58.3 Å². The lowest BCUT2D eigenvalue weighted by Crippen LogP contribution is -2.32. The number of fused-ring (bicyclic) bond motifs is 3. The fourth-order valence-corrected chi connectivity index (χ4v) is 3.98. The van der Waals surface area contributed by atoms with Gasteiger partial charge in [0.1, 0.15) is 5.82 Å². The Bertz CT molecular complexity index is 755. The lowest BCUT2D eigenvalue weighted by Gasteiger charge is -2.24. The second-order valence-electron chi connectivity index (χ2n) is 7.10. The van der Waals surface area contributed by atoms with Crippen molar-refractivity contribution in [3.05, 3.63) is 35.4 Å². The number of nitrogens with zero attached hydrogens (tertiary/aromatic N) is 4. The van der Waals surface area contributed by atoms with Crippen LogP contribution in [0.1, 0.15) is 24.0 Å². The van der Waals surface area contributed by atoms with Crippen molar-refractivity contribution in [2.45, 2.75) is 31.7 Å². The van der Waals surface area contributed by atoms with Crippen LogP contribution in [0.25, 0.3) is 11.3 Å². The van der Waals surface area contributed by atoms with Gasteiger partial charge in [0, 0.05) is 30.3 Å². The molecule has 24 heavy (non-hydrogen) atoms. The molecule has 5 nitrogen and oxygen atoms in total. The van der Waals surface area contributed by atoms with Gasteiger partial charge in [-0.15, -0.1) is 0 Å². The van der Waals surface area contributed by atoms with E-state index in [9.17, 15) is 0 Å². The van der Waals surface area contributed by atoms with Gasteiger partial charge in [0.2, 0.25) is 5.95 Å². The maximum atomic E-state index is 6.09. The first-order valence-electron chi connectivity index (χ1n) is 8.79. The Hall–Kier alpha value is -2.14. The van der Waals surface area contributed by atoms with Crippen LogP contribution >= 0.6 is 0 Å². The first-order valence-corrected chi connectivity index (χ1v) is 8.79. The SMILES string of the molecule is CN(C)[C@@H]1CCN(c2nc(N)nc3c2CCCc2ccccc2-3)C1. The normalized spacial score (nSPS) is 20.0. The molecule has 5 heteroatoms. The Labute approximate surface area is 143 Å². The second kappa shape index (κ2) is 6.06. The van der Waals surface area contributed by atoms with Crippen molar-refractivity contribution in [2.24, 2.45) is 0 Å². The van der Waals surface area contributed by atoms with Crippen molar-refractivity contribution in [1.29, 1.82) is 0 Å². The monoisotopic (exact) mass is 323 g/mol. The van der Waals surface area contributed by atoms with E-state index >= 15 is 0 Å². The van der Waals surface area contributed by atoms with E-state index in [1.165, 1.54) is 23.1 Å². The summed E-state index contributed by atoms with van der Waals surface area (Å²) < 4.78 is 0. The van der Waals surface area contributed by atoms with Crippen LogP contribution in [0.2, 0.25) is 0 Å². The lowest BCUT2D eigenvalue weighted by molar-refractivity contribution is 0.315. The zero-order valence-corrected chi connectivity index (χ0v) is 14.5. The van der Waals surface area contributed by atoms with Crippen LogP contribution in [0.3, 0.4) is 0 Å². The Morgan fingerprint density at radius 2 is 2.00 bits per heavy atom. The molecule has 2 N–H and O–H groups in total. The van der Waals surface area contributed by atoms with Crippen molar-refractivity contribution in [3.8, 4) is 11.3 Å². The van der Waals surface area contributed by atoms with E-state index in [-0.39, 0.29) is 0 Å². The molecule has 1 aromatic carbocycles. The average Bonchev–Trinajstić information content (AvgIpc) is 2.99. The molecule has 2 heterocycles. The molecule has 0 amide bonds. The molecule has 2 aliphatic rings. The van der Waals surface area contributed by atoms with Crippen LogP contribution in [0.5, 0.6) is 0 Å². The second-order valence-corrected chi connectivity index (χ2v) is 7.10. The fourth-order valence-electron chi connectivity index (χ4n) is 3.98. The molecule has 1 fully saturated rings. The van der Waals surface area contributed by atoms with Crippen LogP contribution in [0, 0.1) is 0 Å². The number of rotatable bonds is 2. The number of nitrogen functional groups attached to an aromatic ring is 1. The highest BCUT2D eigenvalue weighted by Crippen LogP contribution is 2.36. The molecule has 0 saturated carbocycles. The van der Waals surface area contributed by atoms with Gasteiger partial charge in [-0.1, -0.05) is 24.3 Å². The molecular formula is C19H25N5. The Kier molecular flexibility index (Phi) is 3.88.